The van der Waals surface area contributed by atoms with Crippen LogP contribution < -0.4 is 9.47 Å². The fourth-order valence-corrected chi connectivity index (χ4v) is 2.36. The van der Waals surface area contributed by atoms with Gasteiger partial charge in [-0.3, -0.25) is 0 Å². The molecule has 0 saturated heterocycles. The summed E-state index contributed by atoms with van der Waals surface area (Å²) in [7, 11) is 0. The van der Waals surface area contributed by atoms with E-state index in [1.165, 1.54) is 0 Å². The SMILES string of the molecule is C=Cc1cc(OCc2ccccc2)cc(OCc2ccccc2)c1. The van der Waals surface area contributed by atoms with E-state index in [0.717, 1.165) is 28.2 Å². The molecule has 0 bridgehead atoms. The highest BCUT2D eigenvalue weighted by molar-refractivity contribution is 5.53. The van der Waals surface area contributed by atoms with Gasteiger partial charge in [-0.1, -0.05) is 73.3 Å². The van der Waals surface area contributed by atoms with Gasteiger partial charge < -0.3 is 9.47 Å². The molecule has 2 heteroatoms. The van der Waals surface area contributed by atoms with Gasteiger partial charge in [0.1, 0.15) is 24.7 Å². The fourth-order valence-electron chi connectivity index (χ4n) is 2.36. The van der Waals surface area contributed by atoms with Crippen molar-refractivity contribution in [1.29, 1.82) is 0 Å². The zero-order valence-corrected chi connectivity index (χ0v) is 13.5. The van der Waals surface area contributed by atoms with Gasteiger partial charge in [0.05, 0.1) is 0 Å². The summed E-state index contributed by atoms with van der Waals surface area (Å²) >= 11 is 0. The van der Waals surface area contributed by atoms with Crippen LogP contribution in [0.2, 0.25) is 0 Å². The zero-order chi connectivity index (χ0) is 16.6. The highest BCUT2D eigenvalue weighted by Crippen LogP contribution is 2.25. The van der Waals surface area contributed by atoms with Crippen LogP contribution in [0.5, 0.6) is 11.5 Å². The molecule has 0 fully saturated rings. The molecule has 0 unspecified atom stereocenters. The minimum absolute atomic E-state index is 0.527. The van der Waals surface area contributed by atoms with E-state index in [-0.39, 0.29) is 0 Å². The first-order valence-electron chi connectivity index (χ1n) is 7.94. The van der Waals surface area contributed by atoms with Crippen molar-refractivity contribution in [3.8, 4) is 11.5 Å². The maximum Gasteiger partial charge on any atom is 0.124 e. The molecule has 0 saturated carbocycles. The van der Waals surface area contributed by atoms with Crippen molar-refractivity contribution in [3.63, 3.8) is 0 Å². The van der Waals surface area contributed by atoms with Gasteiger partial charge in [0.15, 0.2) is 0 Å². The molecule has 0 spiro atoms. The standard InChI is InChI=1S/C22H20O2/c1-2-18-13-21(23-16-19-9-5-3-6-10-19)15-22(14-18)24-17-20-11-7-4-8-12-20/h2-15H,1,16-17H2. The molecule has 0 N–H and O–H groups in total. The number of hydrogen-bond donors (Lipinski definition) is 0. The molecular formula is C22H20O2. The third kappa shape index (κ3) is 4.50. The van der Waals surface area contributed by atoms with Crippen LogP contribution >= 0.6 is 0 Å². The molecule has 0 amide bonds. The molecule has 2 nitrogen and oxygen atoms in total. The van der Waals surface area contributed by atoms with Crippen LogP contribution in [-0.2, 0) is 13.2 Å². The third-order valence-corrected chi connectivity index (χ3v) is 3.63. The van der Waals surface area contributed by atoms with Gasteiger partial charge in [-0.05, 0) is 28.8 Å². The van der Waals surface area contributed by atoms with Crippen molar-refractivity contribution < 1.29 is 9.47 Å². The Morgan fingerprint density at radius 1 is 0.667 bits per heavy atom. The lowest BCUT2D eigenvalue weighted by atomic mass is 10.2. The summed E-state index contributed by atoms with van der Waals surface area (Å²) in [4.78, 5) is 0. The summed E-state index contributed by atoms with van der Waals surface area (Å²) in [5, 5.41) is 0. The van der Waals surface area contributed by atoms with Crippen LogP contribution in [0.15, 0.2) is 85.4 Å². The minimum atomic E-state index is 0.527. The fraction of sp³-hybridized carbons (Fsp3) is 0.0909. The summed E-state index contributed by atoms with van der Waals surface area (Å²) in [6.45, 7) is 4.89. The molecule has 0 heterocycles. The predicted octanol–water partition coefficient (Wildman–Crippen LogP) is 5.49. The van der Waals surface area contributed by atoms with Crippen molar-refractivity contribution in [1.82, 2.24) is 0 Å². The zero-order valence-electron chi connectivity index (χ0n) is 13.5. The summed E-state index contributed by atoms with van der Waals surface area (Å²) in [5.41, 5.74) is 3.24. The minimum Gasteiger partial charge on any atom is -0.489 e. The van der Waals surface area contributed by atoms with Crippen LogP contribution in [0.3, 0.4) is 0 Å². The van der Waals surface area contributed by atoms with Crippen molar-refractivity contribution in [2.75, 3.05) is 0 Å². The molecular weight excluding hydrogens is 296 g/mol. The first-order valence-corrected chi connectivity index (χ1v) is 7.94. The summed E-state index contributed by atoms with van der Waals surface area (Å²) in [6, 6.07) is 26.0. The van der Waals surface area contributed by atoms with Crippen LogP contribution in [0.25, 0.3) is 6.08 Å². The molecule has 0 aromatic heterocycles. The predicted molar refractivity (Wildman–Crippen MR) is 98.1 cm³/mol. The Kier molecular flexibility index (Phi) is 5.31. The van der Waals surface area contributed by atoms with Crippen LogP contribution in [0.4, 0.5) is 0 Å². The molecule has 0 aliphatic carbocycles. The van der Waals surface area contributed by atoms with Gasteiger partial charge in [-0.25, -0.2) is 0 Å². The number of benzene rings is 3. The molecule has 3 aromatic rings. The molecule has 0 atom stereocenters. The third-order valence-electron chi connectivity index (χ3n) is 3.63. The average molecular weight is 316 g/mol. The number of hydrogen-bond acceptors (Lipinski definition) is 2. The lowest BCUT2D eigenvalue weighted by molar-refractivity contribution is 0.290. The van der Waals surface area contributed by atoms with Gasteiger partial charge >= 0.3 is 0 Å². The Bertz CT molecular complexity index is 718. The van der Waals surface area contributed by atoms with Crippen LogP contribution in [0.1, 0.15) is 16.7 Å². The summed E-state index contributed by atoms with van der Waals surface area (Å²) in [5.74, 6) is 1.55. The van der Waals surface area contributed by atoms with Gasteiger partial charge in [0.2, 0.25) is 0 Å². The van der Waals surface area contributed by atoms with Crippen molar-refractivity contribution in [2.45, 2.75) is 13.2 Å². The molecule has 3 rings (SSSR count). The second-order valence-corrected chi connectivity index (χ2v) is 5.49. The van der Waals surface area contributed by atoms with E-state index in [1.807, 2.05) is 78.9 Å². The van der Waals surface area contributed by atoms with Crippen molar-refractivity contribution in [3.05, 3.63) is 102 Å². The first kappa shape index (κ1) is 15.9. The monoisotopic (exact) mass is 316 g/mol. The van der Waals surface area contributed by atoms with E-state index in [0.29, 0.717) is 13.2 Å². The topological polar surface area (TPSA) is 18.5 Å². The maximum absolute atomic E-state index is 5.90. The Morgan fingerprint density at radius 2 is 1.12 bits per heavy atom. The lowest BCUT2D eigenvalue weighted by Crippen LogP contribution is -1.98. The van der Waals surface area contributed by atoms with Crippen molar-refractivity contribution >= 4 is 6.08 Å². The second kappa shape index (κ2) is 8.02. The highest BCUT2D eigenvalue weighted by Gasteiger charge is 2.03. The smallest absolute Gasteiger partial charge is 0.124 e. The maximum atomic E-state index is 5.90. The van der Waals surface area contributed by atoms with Crippen LogP contribution in [-0.4, -0.2) is 0 Å². The molecule has 0 aliphatic rings. The molecule has 0 radical (unpaired) electrons. The van der Waals surface area contributed by atoms with Gasteiger partial charge in [0, 0.05) is 6.07 Å². The lowest BCUT2D eigenvalue weighted by Gasteiger charge is -2.11. The first-order chi connectivity index (χ1) is 11.8. The normalized spacial score (nSPS) is 10.2. The molecule has 120 valence electrons. The van der Waals surface area contributed by atoms with E-state index >= 15 is 0 Å². The van der Waals surface area contributed by atoms with Gasteiger partial charge in [0.25, 0.3) is 0 Å². The van der Waals surface area contributed by atoms with E-state index in [1.54, 1.807) is 6.08 Å². The second-order valence-electron chi connectivity index (χ2n) is 5.49. The largest absolute Gasteiger partial charge is 0.489 e. The molecule has 3 aromatic carbocycles. The summed E-state index contributed by atoms with van der Waals surface area (Å²) in [6.07, 6.45) is 1.80. The number of rotatable bonds is 7. The summed E-state index contributed by atoms with van der Waals surface area (Å²) < 4.78 is 11.8. The van der Waals surface area contributed by atoms with E-state index in [2.05, 4.69) is 6.58 Å². The van der Waals surface area contributed by atoms with E-state index in [9.17, 15) is 0 Å². The molecule has 24 heavy (non-hydrogen) atoms. The van der Waals surface area contributed by atoms with Gasteiger partial charge in [-0.2, -0.15) is 0 Å². The Hall–Kier alpha value is -3.00. The Balaban J connectivity index is 1.69. The van der Waals surface area contributed by atoms with Crippen molar-refractivity contribution in [2.24, 2.45) is 0 Å². The Morgan fingerprint density at radius 3 is 1.54 bits per heavy atom. The highest BCUT2D eigenvalue weighted by atomic mass is 16.5. The molecule has 0 aliphatic heterocycles. The van der Waals surface area contributed by atoms with E-state index < -0.39 is 0 Å². The Labute approximate surface area is 143 Å². The van der Waals surface area contributed by atoms with Gasteiger partial charge in [-0.15, -0.1) is 0 Å². The van der Waals surface area contributed by atoms with Crippen LogP contribution in [0, 0.1) is 0 Å². The average Bonchev–Trinajstić information content (AvgIpc) is 2.66. The quantitative estimate of drug-likeness (QED) is 0.574. The van der Waals surface area contributed by atoms with E-state index in [4.69, 9.17) is 9.47 Å². The number of ether oxygens (including phenoxy) is 2.